The minimum Gasteiger partial charge on any atom is -0.320 e. The molecule has 1 aromatic heterocycles. The van der Waals surface area contributed by atoms with Gasteiger partial charge in [0.1, 0.15) is 0 Å². The van der Waals surface area contributed by atoms with Crippen molar-refractivity contribution in [2.45, 2.75) is 0 Å². The summed E-state index contributed by atoms with van der Waals surface area (Å²) in [6.07, 6.45) is 0. The molecule has 2 N–H and O–H groups in total. The van der Waals surface area contributed by atoms with E-state index in [4.69, 9.17) is 11.6 Å². The van der Waals surface area contributed by atoms with Gasteiger partial charge in [-0.25, -0.2) is 0 Å². The van der Waals surface area contributed by atoms with Gasteiger partial charge in [-0.1, -0.05) is 11.6 Å². The van der Waals surface area contributed by atoms with Crippen molar-refractivity contribution in [3.05, 3.63) is 45.2 Å². The highest BCUT2D eigenvalue weighted by atomic mass is 35.5. The van der Waals surface area contributed by atoms with E-state index in [1.807, 2.05) is 0 Å². The number of nitro benzene ring substituents is 1. The number of hydrogen-bond acceptors (Lipinski definition) is 5. The summed E-state index contributed by atoms with van der Waals surface area (Å²) >= 11 is 5.61. The molecule has 2 aromatic rings. The summed E-state index contributed by atoms with van der Waals surface area (Å²) in [5.74, 6) is -0.553. The Balaban J connectivity index is 2.13. The molecule has 0 radical (unpaired) electrons. The molecule has 1 amide bonds. The van der Waals surface area contributed by atoms with Crippen molar-refractivity contribution in [1.82, 2.24) is 15.4 Å². The summed E-state index contributed by atoms with van der Waals surface area (Å²) in [5, 5.41) is 22.2. The standard InChI is InChI=1S/C9H6ClN5O3/c10-8-7(12-14-13-8)9(16)11-5-1-3-6(4-2-5)15(17)18/h1-4H,(H,11,16)(H,12,13,14). The number of aromatic nitrogens is 3. The minimum absolute atomic E-state index is 0.0463. The van der Waals surface area contributed by atoms with Crippen molar-refractivity contribution in [2.24, 2.45) is 0 Å². The van der Waals surface area contributed by atoms with Crippen molar-refractivity contribution >= 4 is 28.9 Å². The lowest BCUT2D eigenvalue weighted by atomic mass is 10.3. The normalized spacial score (nSPS) is 10.1. The van der Waals surface area contributed by atoms with Gasteiger partial charge in [-0.3, -0.25) is 14.9 Å². The van der Waals surface area contributed by atoms with E-state index < -0.39 is 10.8 Å². The van der Waals surface area contributed by atoms with Crippen molar-refractivity contribution in [3.8, 4) is 0 Å². The molecule has 0 aliphatic heterocycles. The van der Waals surface area contributed by atoms with Crippen molar-refractivity contribution in [1.29, 1.82) is 0 Å². The van der Waals surface area contributed by atoms with Gasteiger partial charge >= 0.3 is 0 Å². The van der Waals surface area contributed by atoms with Gasteiger partial charge in [-0.2, -0.15) is 5.21 Å². The Morgan fingerprint density at radius 3 is 2.50 bits per heavy atom. The predicted octanol–water partition coefficient (Wildman–Crippen LogP) is 1.62. The maximum atomic E-state index is 11.7. The zero-order valence-corrected chi connectivity index (χ0v) is 9.51. The number of nitro groups is 1. The smallest absolute Gasteiger partial charge is 0.279 e. The van der Waals surface area contributed by atoms with E-state index in [1.54, 1.807) is 0 Å². The van der Waals surface area contributed by atoms with Crippen LogP contribution in [-0.2, 0) is 0 Å². The first-order chi connectivity index (χ1) is 8.58. The van der Waals surface area contributed by atoms with Gasteiger partial charge < -0.3 is 5.32 Å². The number of carbonyl (C=O) groups excluding carboxylic acids is 1. The average molecular weight is 268 g/mol. The summed E-state index contributed by atoms with van der Waals surface area (Å²) < 4.78 is 0. The molecule has 0 fully saturated rings. The Morgan fingerprint density at radius 2 is 2.00 bits per heavy atom. The highest BCUT2D eigenvalue weighted by molar-refractivity contribution is 6.32. The van der Waals surface area contributed by atoms with Crippen LogP contribution in [0.15, 0.2) is 24.3 Å². The summed E-state index contributed by atoms with van der Waals surface area (Å²) in [4.78, 5) is 21.6. The number of non-ortho nitro benzene ring substituents is 1. The zero-order chi connectivity index (χ0) is 13.1. The molecule has 0 unspecified atom stereocenters. The molecular weight excluding hydrogens is 262 g/mol. The number of nitrogens with zero attached hydrogens (tertiary/aromatic N) is 3. The number of halogens is 1. The maximum absolute atomic E-state index is 11.7. The quantitative estimate of drug-likeness (QED) is 0.648. The molecule has 0 aliphatic carbocycles. The van der Waals surface area contributed by atoms with Gasteiger partial charge in [-0.15, -0.1) is 10.2 Å². The van der Waals surface area contributed by atoms with E-state index in [2.05, 4.69) is 20.7 Å². The van der Waals surface area contributed by atoms with Gasteiger partial charge in [0.2, 0.25) is 0 Å². The first kappa shape index (κ1) is 12.0. The second-order valence-electron chi connectivity index (χ2n) is 3.22. The number of benzene rings is 1. The molecule has 0 spiro atoms. The van der Waals surface area contributed by atoms with Crippen molar-refractivity contribution < 1.29 is 9.72 Å². The molecule has 2 rings (SSSR count). The van der Waals surface area contributed by atoms with Crippen LogP contribution in [-0.4, -0.2) is 26.2 Å². The Labute approximate surface area is 105 Å². The molecule has 9 heteroatoms. The first-order valence-corrected chi connectivity index (χ1v) is 5.08. The Bertz CT molecular complexity index is 595. The second kappa shape index (κ2) is 4.80. The molecule has 0 saturated carbocycles. The molecular formula is C9H6ClN5O3. The number of anilines is 1. The van der Waals surface area contributed by atoms with Crippen molar-refractivity contribution in [2.75, 3.05) is 5.32 Å². The van der Waals surface area contributed by atoms with Gasteiger partial charge in [0.05, 0.1) is 4.92 Å². The Kier molecular flexibility index (Phi) is 3.20. The second-order valence-corrected chi connectivity index (χ2v) is 3.58. The molecule has 0 saturated heterocycles. The molecule has 1 heterocycles. The van der Waals surface area contributed by atoms with Crippen LogP contribution in [0.5, 0.6) is 0 Å². The lowest BCUT2D eigenvalue weighted by Crippen LogP contribution is -2.12. The number of H-pyrrole nitrogens is 1. The molecule has 8 nitrogen and oxygen atoms in total. The predicted molar refractivity (Wildman–Crippen MR) is 62.4 cm³/mol. The van der Waals surface area contributed by atoms with Crippen molar-refractivity contribution in [3.63, 3.8) is 0 Å². The molecule has 92 valence electrons. The van der Waals surface area contributed by atoms with E-state index in [0.29, 0.717) is 5.69 Å². The van der Waals surface area contributed by atoms with Crippen LogP contribution < -0.4 is 5.32 Å². The largest absolute Gasteiger partial charge is 0.320 e. The van der Waals surface area contributed by atoms with Crippen LogP contribution in [0, 0.1) is 10.1 Å². The number of hydrogen-bond donors (Lipinski definition) is 2. The number of nitrogens with one attached hydrogen (secondary N) is 2. The summed E-state index contributed by atoms with van der Waals surface area (Å²) in [7, 11) is 0. The SMILES string of the molecule is O=C(Nc1ccc([N+](=O)[O-])cc1)c1n[nH]nc1Cl. The highest BCUT2D eigenvalue weighted by Gasteiger charge is 2.15. The molecule has 18 heavy (non-hydrogen) atoms. The fraction of sp³-hybridized carbons (Fsp3) is 0. The van der Waals surface area contributed by atoms with Crippen LogP contribution in [0.3, 0.4) is 0 Å². The van der Waals surface area contributed by atoms with Gasteiger partial charge in [0.25, 0.3) is 11.6 Å². The zero-order valence-electron chi connectivity index (χ0n) is 8.75. The van der Waals surface area contributed by atoms with E-state index in [-0.39, 0.29) is 16.5 Å². The van der Waals surface area contributed by atoms with E-state index in [1.165, 1.54) is 24.3 Å². The minimum atomic E-state index is -0.553. The third-order valence-electron chi connectivity index (χ3n) is 2.06. The number of aromatic amines is 1. The van der Waals surface area contributed by atoms with E-state index >= 15 is 0 Å². The number of carbonyl (C=O) groups is 1. The molecule has 0 bridgehead atoms. The lowest BCUT2D eigenvalue weighted by molar-refractivity contribution is -0.384. The Morgan fingerprint density at radius 1 is 1.33 bits per heavy atom. The summed E-state index contributed by atoms with van der Waals surface area (Å²) in [5.41, 5.74) is 0.284. The molecule has 0 atom stereocenters. The van der Waals surface area contributed by atoms with Crippen LogP contribution in [0.2, 0.25) is 5.15 Å². The highest BCUT2D eigenvalue weighted by Crippen LogP contribution is 2.17. The van der Waals surface area contributed by atoms with Gasteiger partial charge in [0, 0.05) is 17.8 Å². The third kappa shape index (κ3) is 2.43. The fourth-order valence-corrected chi connectivity index (χ4v) is 1.39. The Hall–Kier alpha value is -2.48. The topological polar surface area (TPSA) is 114 Å². The third-order valence-corrected chi connectivity index (χ3v) is 2.32. The van der Waals surface area contributed by atoms with E-state index in [0.717, 1.165) is 0 Å². The monoisotopic (exact) mass is 267 g/mol. The maximum Gasteiger partial charge on any atom is 0.279 e. The molecule has 0 aliphatic rings. The van der Waals surface area contributed by atoms with Gasteiger partial charge in [0.15, 0.2) is 10.8 Å². The number of rotatable bonds is 3. The van der Waals surface area contributed by atoms with Crippen LogP contribution >= 0.6 is 11.6 Å². The van der Waals surface area contributed by atoms with Crippen LogP contribution in [0.4, 0.5) is 11.4 Å². The van der Waals surface area contributed by atoms with Gasteiger partial charge in [-0.05, 0) is 12.1 Å². The van der Waals surface area contributed by atoms with Crippen LogP contribution in [0.25, 0.3) is 0 Å². The summed E-state index contributed by atoms with van der Waals surface area (Å²) in [6, 6.07) is 5.37. The average Bonchev–Trinajstić information content (AvgIpc) is 2.76. The first-order valence-electron chi connectivity index (χ1n) is 4.70. The lowest BCUT2D eigenvalue weighted by Gasteiger charge is -2.02. The molecule has 1 aromatic carbocycles. The van der Waals surface area contributed by atoms with E-state index in [9.17, 15) is 14.9 Å². The fourth-order valence-electron chi connectivity index (χ4n) is 1.22. The number of amides is 1. The van der Waals surface area contributed by atoms with Crippen LogP contribution in [0.1, 0.15) is 10.5 Å². The summed E-state index contributed by atoms with van der Waals surface area (Å²) in [6.45, 7) is 0.